The molecule has 2 aromatic heterocycles. The number of rotatable bonds is 3. The zero-order chi connectivity index (χ0) is 10.8. The van der Waals surface area contributed by atoms with E-state index >= 15 is 0 Å². The first kappa shape index (κ1) is 10.3. The zero-order valence-electron chi connectivity index (χ0n) is 7.89. The largest absolute Gasteiger partial charge is 0.463 e. The maximum atomic E-state index is 10.5. The summed E-state index contributed by atoms with van der Waals surface area (Å²) >= 11 is 2.98. The van der Waals surface area contributed by atoms with Gasteiger partial charge < -0.3 is 10.2 Å². The molecule has 0 saturated heterocycles. The lowest BCUT2D eigenvalue weighted by atomic mass is 10.3. The van der Waals surface area contributed by atoms with Gasteiger partial charge in [0.05, 0.1) is 5.56 Å². The van der Waals surface area contributed by atoms with Crippen LogP contribution in [0.25, 0.3) is 10.6 Å². The molecule has 0 atom stereocenters. The summed E-state index contributed by atoms with van der Waals surface area (Å²) in [6.07, 6.45) is 4.07. The first-order valence-corrected chi connectivity index (χ1v) is 6.13. The van der Waals surface area contributed by atoms with Crippen molar-refractivity contribution in [3.05, 3.63) is 17.9 Å². The molecule has 0 aliphatic heterocycles. The quantitative estimate of drug-likeness (QED) is 0.659. The molecule has 0 aromatic carbocycles. The number of thiazole rings is 1. The normalized spacial score (nSPS) is 10.5. The molecule has 0 saturated carbocycles. The van der Waals surface area contributed by atoms with Gasteiger partial charge in [-0.2, -0.15) is 0 Å². The third kappa shape index (κ3) is 1.91. The van der Waals surface area contributed by atoms with Crippen molar-refractivity contribution in [1.82, 2.24) is 4.98 Å². The number of nitrogen functional groups attached to an aromatic ring is 1. The third-order valence-electron chi connectivity index (χ3n) is 1.79. The molecule has 0 radical (unpaired) electrons. The van der Waals surface area contributed by atoms with Gasteiger partial charge in [0.25, 0.3) is 0 Å². The third-order valence-corrected chi connectivity index (χ3v) is 3.86. The zero-order valence-corrected chi connectivity index (χ0v) is 9.52. The summed E-state index contributed by atoms with van der Waals surface area (Å²) in [5.41, 5.74) is 6.24. The maximum absolute atomic E-state index is 10.5. The van der Waals surface area contributed by atoms with Gasteiger partial charge >= 0.3 is 0 Å². The Bertz CT molecular complexity index is 490. The van der Waals surface area contributed by atoms with Crippen LogP contribution in [0.15, 0.2) is 21.1 Å². The van der Waals surface area contributed by atoms with Crippen LogP contribution in [0.3, 0.4) is 0 Å². The average Bonchev–Trinajstić information content (AvgIpc) is 2.83. The van der Waals surface area contributed by atoms with Gasteiger partial charge in [0.1, 0.15) is 22.7 Å². The summed E-state index contributed by atoms with van der Waals surface area (Å²) < 4.78 is 6.11. The van der Waals surface area contributed by atoms with E-state index in [1.165, 1.54) is 29.4 Å². The van der Waals surface area contributed by atoms with E-state index in [0.717, 1.165) is 15.5 Å². The number of aromatic nitrogens is 1. The van der Waals surface area contributed by atoms with Crippen molar-refractivity contribution < 1.29 is 9.21 Å². The second-order valence-corrected chi connectivity index (χ2v) is 4.81. The maximum Gasteiger partial charge on any atom is 0.153 e. The number of thioether (sulfide) groups is 1. The molecule has 2 rings (SSSR count). The minimum absolute atomic E-state index is 0.441. The van der Waals surface area contributed by atoms with E-state index in [1.807, 2.05) is 6.26 Å². The Morgan fingerprint density at radius 1 is 1.67 bits per heavy atom. The van der Waals surface area contributed by atoms with Crippen molar-refractivity contribution >= 4 is 35.2 Å². The fourth-order valence-electron chi connectivity index (χ4n) is 1.11. The molecule has 2 N–H and O–H groups in total. The molecule has 15 heavy (non-hydrogen) atoms. The SMILES string of the molecule is CSc1nc(N)c(-c2cc(C=O)co2)s1. The van der Waals surface area contributed by atoms with Gasteiger partial charge in [-0.25, -0.2) is 4.98 Å². The molecule has 0 amide bonds. The van der Waals surface area contributed by atoms with Crippen LogP contribution in [-0.4, -0.2) is 17.5 Å². The van der Waals surface area contributed by atoms with Crippen LogP contribution in [0.4, 0.5) is 5.82 Å². The van der Waals surface area contributed by atoms with E-state index in [0.29, 0.717) is 17.1 Å². The summed E-state index contributed by atoms with van der Waals surface area (Å²) in [6.45, 7) is 0. The van der Waals surface area contributed by atoms with Crippen molar-refractivity contribution in [2.45, 2.75) is 4.34 Å². The van der Waals surface area contributed by atoms with Gasteiger partial charge in [-0.05, 0) is 12.3 Å². The smallest absolute Gasteiger partial charge is 0.153 e. The molecule has 6 heteroatoms. The highest BCUT2D eigenvalue weighted by molar-refractivity contribution is 8.00. The highest BCUT2D eigenvalue weighted by Gasteiger charge is 2.13. The predicted octanol–water partition coefficient (Wildman–Crippen LogP) is 2.52. The number of hydrogen-bond donors (Lipinski definition) is 1. The van der Waals surface area contributed by atoms with Gasteiger partial charge in [0, 0.05) is 0 Å². The van der Waals surface area contributed by atoms with E-state index < -0.39 is 0 Å². The molecule has 0 bridgehead atoms. The highest BCUT2D eigenvalue weighted by atomic mass is 32.2. The van der Waals surface area contributed by atoms with Gasteiger partial charge in [-0.3, -0.25) is 4.79 Å². The Kier molecular flexibility index (Phi) is 2.79. The molecular formula is C9H8N2O2S2. The minimum Gasteiger partial charge on any atom is -0.463 e. The van der Waals surface area contributed by atoms with Crippen molar-refractivity contribution in [2.75, 3.05) is 12.0 Å². The number of nitrogens with two attached hydrogens (primary N) is 1. The molecule has 2 heterocycles. The number of carbonyl (C=O) groups excluding carboxylic acids is 1. The molecule has 0 unspecified atom stereocenters. The number of carbonyl (C=O) groups is 1. The standard InChI is InChI=1S/C9H8N2O2S2/c1-14-9-11-8(10)7(15-9)6-2-5(3-12)4-13-6/h2-4H,10H2,1H3. The monoisotopic (exact) mass is 240 g/mol. The summed E-state index contributed by atoms with van der Waals surface area (Å²) in [4.78, 5) is 15.4. The molecule has 0 aliphatic carbocycles. The Hall–Kier alpha value is -1.27. The van der Waals surface area contributed by atoms with Gasteiger partial charge in [0.2, 0.25) is 0 Å². The molecule has 2 aromatic rings. The molecule has 0 aliphatic rings. The minimum atomic E-state index is 0.441. The van der Waals surface area contributed by atoms with Crippen LogP contribution in [0.5, 0.6) is 0 Å². The second-order valence-electron chi connectivity index (χ2n) is 2.76. The number of aldehydes is 1. The lowest BCUT2D eigenvalue weighted by molar-refractivity contribution is 0.112. The van der Waals surface area contributed by atoms with Crippen LogP contribution < -0.4 is 5.73 Å². The van der Waals surface area contributed by atoms with Crippen LogP contribution in [0.1, 0.15) is 10.4 Å². The fourth-order valence-corrected chi connectivity index (χ4v) is 2.56. The van der Waals surface area contributed by atoms with Crippen LogP contribution in [0.2, 0.25) is 0 Å². The molecular weight excluding hydrogens is 232 g/mol. The van der Waals surface area contributed by atoms with E-state index in [9.17, 15) is 4.79 Å². The average molecular weight is 240 g/mol. The predicted molar refractivity (Wildman–Crippen MR) is 61.4 cm³/mol. The highest BCUT2D eigenvalue weighted by Crippen LogP contribution is 2.36. The van der Waals surface area contributed by atoms with Gasteiger partial charge in [-0.1, -0.05) is 11.8 Å². The Morgan fingerprint density at radius 3 is 3.00 bits per heavy atom. The van der Waals surface area contributed by atoms with E-state index in [2.05, 4.69) is 4.98 Å². The summed E-state index contributed by atoms with van der Waals surface area (Å²) in [5.74, 6) is 1.03. The summed E-state index contributed by atoms with van der Waals surface area (Å²) in [7, 11) is 0. The van der Waals surface area contributed by atoms with Crippen molar-refractivity contribution in [1.29, 1.82) is 0 Å². The van der Waals surface area contributed by atoms with Crippen LogP contribution >= 0.6 is 23.1 Å². The van der Waals surface area contributed by atoms with Crippen LogP contribution in [0, 0.1) is 0 Å². The number of hydrogen-bond acceptors (Lipinski definition) is 6. The van der Waals surface area contributed by atoms with Gasteiger partial charge in [-0.15, -0.1) is 11.3 Å². The first-order valence-electron chi connectivity index (χ1n) is 4.09. The van der Waals surface area contributed by atoms with Gasteiger partial charge in [0.15, 0.2) is 10.6 Å². The Morgan fingerprint density at radius 2 is 2.47 bits per heavy atom. The molecule has 78 valence electrons. The summed E-state index contributed by atoms with van der Waals surface area (Å²) in [6, 6.07) is 1.65. The van der Waals surface area contributed by atoms with E-state index in [-0.39, 0.29) is 0 Å². The lowest BCUT2D eigenvalue weighted by Crippen LogP contribution is -1.85. The van der Waals surface area contributed by atoms with E-state index in [4.69, 9.17) is 10.2 Å². The molecule has 0 fully saturated rings. The Balaban J connectivity index is 2.43. The number of furan rings is 1. The lowest BCUT2D eigenvalue weighted by Gasteiger charge is -1.89. The second kappa shape index (κ2) is 4.08. The van der Waals surface area contributed by atoms with Crippen LogP contribution in [-0.2, 0) is 0 Å². The fraction of sp³-hybridized carbons (Fsp3) is 0.111. The van der Waals surface area contributed by atoms with Crippen molar-refractivity contribution in [2.24, 2.45) is 0 Å². The number of nitrogens with zero attached hydrogens (tertiary/aromatic N) is 1. The topological polar surface area (TPSA) is 69.1 Å². The van der Waals surface area contributed by atoms with Crippen molar-refractivity contribution in [3.8, 4) is 10.6 Å². The molecule has 4 nitrogen and oxygen atoms in total. The first-order chi connectivity index (χ1) is 7.24. The Labute approximate surface area is 94.5 Å². The summed E-state index contributed by atoms with van der Waals surface area (Å²) in [5, 5.41) is 0. The van der Waals surface area contributed by atoms with E-state index in [1.54, 1.807) is 6.07 Å². The number of anilines is 1. The van der Waals surface area contributed by atoms with Crippen molar-refractivity contribution in [3.63, 3.8) is 0 Å². The molecule has 0 spiro atoms.